The molecule has 3 N–H and O–H groups in total. The largest absolute Gasteiger partial charge is 0.444 e. The van der Waals surface area contributed by atoms with Crippen molar-refractivity contribution < 1.29 is 9.53 Å². The summed E-state index contributed by atoms with van der Waals surface area (Å²) in [6.45, 7) is 6.00. The lowest BCUT2D eigenvalue weighted by molar-refractivity contribution is 0.0528. The van der Waals surface area contributed by atoms with Gasteiger partial charge in [-0.05, 0) is 68.1 Å². The van der Waals surface area contributed by atoms with Crippen molar-refractivity contribution in [1.82, 2.24) is 10.3 Å². The highest BCUT2D eigenvalue weighted by molar-refractivity contribution is 5.70. The molecule has 0 aliphatic heterocycles. The van der Waals surface area contributed by atoms with Gasteiger partial charge in [-0.1, -0.05) is 6.07 Å². The number of hydrogen-bond donors (Lipinski definition) is 2. The first-order valence-corrected chi connectivity index (χ1v) is 7.61. The van der Waals surface area contributed by atoms with E-state index in [1.54, 1.807) is 12.4 Å². The number of carbonyl (C=O) groups excluding carboxylic acids is 1. The van der Waals surface area contributed by atoms with Gasteiger partial charge in [0, 0.05) is 24.6 Å². The molecule has 5 heteroatoms. The number of nitrogens with two attached hydrogens (primary N) is 1. The number of benzene rings is 1. The monoisotopic (exact) mass is 313 g/mol. The van der Waals surface area contributed by atoms with Gasteiger partial charge >= 0.3 is 6.09 Å². The Morgan fingerprint density at radius 1 is 1.22 bits per heavy atom. The van der Waals surface area contributed by atoms with Gasteiger partial charge in [0.05, 0.1) is 0 Å². The molecule has 0 spiro atoms. The van der Waals surface area contributed by atoms with Crippen LogP contribution in [0.15, 0.2) is 42.7 Å². The SMILES string of the molecule is CC(C)(C)OC(=O)NCCc1cc(N)ccc1-c1ccncc1. The molecule has 5 nitrogen and oxygen atoms in total. The molecule has 23 heavy (non-hydrogen) atoms. The first kappa shape index (κ1) is 16.8. The molecule has 1 aromatic carbocycles. The fraction of sp³-hybridized carbons (Fsp3) is 0.333. The van der Waals surface area contributed by atoms with Crippen LogP contribution >= 0.6 is 0 Å². The Kier molecular flexibility index (Phi) is 5.21. The van der Waals surface area contributed by atoms with E-state index in [1.807, 2.05) is 51.1 Å². The zero-order chi connectivity index (χ0) is 16.9. The zero-order valence-corrected chi connectivity index (χ0v) is 13.8. The lowest BCUT2D eigenvalue weighted by Crippen LogP contribution is -2.33. The van der Waals surface area contributed by atoms with E-state index in [-0.39, 0.29) is 0 Å². The number of nitrogens with one attached hydrogen (secondary N) is 1. The molecular formula is C18H23N3O2. The second-order valence-electron chi connectivity index (χ2n) is 6.33. The van der Waals surface area contributed by atoms with Gasteiger partial charge in [0.1, 0.15) is 5.60 Å². The quantitative estimate of drug-likeness (QED) is 0.848. The van der Waals surface area contributed by atoms with Gasteiger partial charge < -0.3 is 15.8 Å². The van der Waals surface area contributed by atoms with E-state index in [0.717, 1.165) is 16.7 Å². The highest BCUT2D eigenvalue weighted by Crippen LogP contribution is 2.25. The van der Waals surface area contributed by atoms with Crippen LogP contribution in [0.25, 0.3) is 11.1 Å². The van der Waals surface area contributed by atoms with Crippen molar-refractivity contribution in [3.05, 3.63) is 48.3 Å². The summed E-state index contributed by atoms with van der Waals surface area (Å²) in [6, 6.07) is 9.72. The number of nitrogens with zero attached hydrogens (tertiary/aromatic N) is 1. The molecule has 0 atom stereocenters. The Morgan fingerprint density at radius 3 is 2.57 bits per heavy atom. The summed E-state index contributed by atoms with van der Waals surface area (Å²) < 4.78 is 5.23. The van der Waals surface area contributed by atoms with Gasteiger partial charge in [0.25, 0.3) is 0 Å². The summed E-state index contributed by atoms with van der Waals surface area (Å²) in [4.78, 5) is 15.7. The first-order valence-electron chi connectivity index (χ1n) is 7.61. The molecule has 1 heterocycles. The summed E-state index contributed by atoms with van der Waals surface area (Å²) in [6.07, 6.45) is 3.77. The van der Waals surface area contributed by atoms with Gasteiger partial charge in [-0.2, -0.15) is 0 Å². The molecule has 1 aromatic heterocycles. The Morgan fingerprint density at radius 2 is 1.91 bits per heavy atom. The summed E-state index contributed by atoms with van der Waals surface area (Å²) >= 11 is 0. The van der Waals surface area contributed by atoms with E-state index in [0.29, 0.717) is 18.7 Å². The van der Waals surface area contributed by atoms with E-state index >= 15 is 0 Å². The fourth-order valence-electron chi connectivity index (χ4n) is 2.25. The highest BCUT2D eigenvalue weighted by atomic mass is 16.6. The van der Waals surface area contributed by atoms with Crippen molar-refractivity contribution in [2.75, 3.05) is 12.3 Å². The van der Waals surface area contributed by atoms with Crippen LogP contribution in [0.4, 0.5) is 10.5 Å². The molecule has 0 saturated heterocycles. The Balaban J connectivity index is 2.05. The Labute approximate surface area is 136 Å². The van der Waals surface area contributed by atoms with Crippen LogP contribution in [-0.2, 0) is 11.2 Å². The number of hydrogen-bond acceptors (Lipinski definition) is 4. The van der Waals surface area contributed by atoms with Gasteiger partial charge in [0.15, 0.2) is 0 Å². The average molecular weight is 313 g/mol. The van der Waals surface area contributed by atoms with Crippen LogP contribution in [0.1, 0.15) is 26.3 Å². The number of pyridine rings is 1. The number of ether oxygens (including phenoxy) is 1. The van der Waals surface area contributed by atoms with Crippen molar-refractivity contribution in [2.24, 2.45) is 0 Å². The van der Waals surface area contributed by atoms with Gasteiger partial charge in [-0.15, -0.1) is 0 Å². The van der Waals surface area contributed by atoms with E-state index in [4.69, 9.17) is 10.5 Å². The van der Waals surface area contributed by atoms with E-state index in [1.165, 1.54) is 0 Å². The second kappa shape index (κ2) is 7.13. The molecule has 2 aromatic rings. The van der Waals surface area contributed by atoms with Crippen molar-refractivity contribution in [3.63, 3.8) is 0 Å². The minimum atomic E-state index is -0.497. The standard InChI is InChI=1S/C18H23N3O2/c1-18(2,3)23-17(22)21-11-8-14-12-15(19)4-5-16(14)13-6-9-20-10-7-13/h4-7,9-10,12H,8,11,19H2,1-3H3,(H,21,22). The normalized spacial score (nSPS) is 11.1. The predicted octanol–water partition coefficient (Wildman–Crippen LogP) is 3.40. The molecule has 1 amide bonds. The minimum Gasteiger partial charge on any atom is -0.444 e. The lowest BCUT2D eigenvalue weighted by Gasteiger charge is -2.20. The number of anilines is 1. The minimum absolute atomic E-state index is 0.410. The van der Waals surface area contributed by atoms with Gasteiger partial charge in [-0.3, -0.25) is 4.98 Å². The molecule has 0 fully saturated rings. The van der Waals surface area contributed by atoms with E-state index in [2.05, 4.69) is 10.3 Å². The number of aromatic nitrogens is 1. The summed E-state index contributed by atoms with van der Waals surface area (Å²) in [7, 11) is 0. The van der Waals surface area contributed by atoms with Crippen molar-refractivity contribution in [3.8, 4) is 11.1 Å². The maximum atomic E-state index is 11.7. The predicted molar refractivity (Wildman–Crippen MR) is 92.0 cm³/mol. The van der Waals surface area contributed by atoms with Crippen LogP contribution < -0.4 is 11.1 Å². The molecule has 0 radical (unpaired) electrons. The first-order chi connectivity index (χ1) is 10.8. The van der Waals surface area contributed by atoms with Crippen molar-refractivity contribution >= 4 is 11.8 Å². The van der Waals surface area contributed by atoms with E-state index in [9.17, 15) is 4.79 Å². The third-order valence-electron chi connectivity index (χ3n) is 3.18. The number of rotatable bonds is 4. The summed E-state index contributed by atoms with van der Waals surface area (Å²) in [5.74, 6) is 0. The van der Waals surface area contributed by atoms with Crippen molar-refractivity contribution in [1.29, 1.82) is 0 Å². The molecule has 0 aliphatic carbocycles. The second-order valence-corrected chi connectivity index (χ2v) is 6.33. The smallest absolute Gasteiger partial charge is 0.407 e. The number of nitrogen functional groups attached to an aromatic ring is 1. The topological polar surface area (TPSA) is 77.2 Å². The van der Waals surface area contributed by atoms with Crippen LogP contribution in [-0.4, -0.2) is 23.2 Å². The number of amides is 1. The zero-order valence-electron chi connectivity index (χ0n) is 13.8. The third-order valence-corrected chi connectivity index (χ3v) is 3.18. The molecule has 0 saturated carbocycles. The molecule has 0 aliphatic rings. The van der Waals surface area contributed by atoms with Crippen LogP contribution in [0, 0.1) is 0 Å². The van der Waals surface area contributed by atoms with Crippen LogP contribution in [0.2, 0.25) is 0 Å². The van der Waals surface area contributed by atoms with Gasteiger partial charge in [-0.25, -0.2) is 4.79 Å². The van der Waals surface area contributed by atoms with Crippen LogP contribution in [0.5, 0.6) is 0 Å². The highest BCUT2D eigenvalue weighted by Gasteiger charge is 2.15. The third kappa shape index (κ3) is 5.29. The summed E-state index contributed by atoms with van der Waals surface area (Å²) in [5, 5.41) is 2.77. The maximum Gasteiger partial charge on any atom is 0.407 e. The lowest BCUT2D eigenvalue weighted by atomic mass is 9.98. The summed E-state index contributed by atoms with van der Waals surface area (Å²) in [5.41, 5.74) is 9.35. The molecule has 0 unspecified atom stereocenters. The van der Waals surface area contributed by atoms with Crippen molar-refractivity contribution in [2.45, 2.75) is 32.8 Å². The fourth-order valence-corrected chi connectivity index (χ4v) is 2.25. The number of alkyl carbamates (subject to hydrolysis) is 1. The Bertz CT molecular complexity index is 664. The molecular weight excluding hydrogens is 290 g/mol. The molecule has 122 valence electrons. The average Bonchev–Trinajstić information content (AvgIpc) is 2.46. The molecule has 2 rings (SSSR count). The van der Waals surface area contributed by atoms with Gasteiger partial charge in [0.2, 0.25) is 0 Å². The van der Waals surface area contributed by atoms with Crippen LogP contribution in [0.3, 0.4) is 0 Å². The molecule has 0 bridgehead atoms. The number of carbonyl (C=O) groups is 1. The van der Waals surface area contributed by atoms with E-state index < -0.39 is 11.7 Å². The Hall–Kier alpha value is -2.56. The maximum absolute atomic E-state index is 11.7.